The average Bonchev–Trinajstić information content (AvgIpc) is 3.51. The SMILES string of the molecule is C1CCC(P(C2CCCCC2)C2CCCCC2)CC1.Cc1cc(C)c(N2CCN(c3c(C)cc(C)cc3C)[C]2=[Ru]=[CH]c2ccccc2)c(C)c1.Cl. The van der Waals surface area contributed by atoms with Crippen molar-refractivity contribution in [1.29, 1.82) is 0 Å². The topological polar surface area (TPSA) is 6.48 Å². The van der Waals surface area contributed by atoms with Crippen LogP contribution in [-0.2, 0) is 16.2 Å². The number of benzene rings is 3. The molecule has 4 fully saturated rings. The van der Waals surface area contributed by atoms with Gasteiger partial charge in [0.1, 0.15) is 0 Å². The van der Waals surface area contributed by atoms with Crippen LogP contribution in [0, 0.1) is 41.5 Å². The molecule has 3 aromatic carbocycles. The predicted molar refractivity (Wildman–Crippen MR) is 227 cm³/mol. The summed E-state index contributed by atoms with van der Waals surface area (Å²) in [4.78, 5) is 5.20. The van der Waals surface area contributed by atoms with Gasteiger partial charge in [0.25, 0.3) is 0 Å². The second-order valence-electron chi connectivity index (χ2n) is 16.0. The summed E-state index contributed by atoms with van der Waals surface area (Å²) in [6, 6.07) is 20.1. The van der Waals surface area contributed by atoms with Gasteiger partial charge in [-0.1, -0.05) is 65.7 Å². The molecule has 0 unspecified atom stereocenters. The van der Waals surface area contributed by atoms with Gasteiger partial charge in [0.15, 0.2) is 0 Å². The molecule has 5 heteroatoms. The summed E-state index contributed by atoms with van der Waals surface area (Å²) in [6.07, 6.45) is 23.6. The van der Waals surface area contributed by atoms with Crippen molar-refractivity contribution in [2.75, 3.05) is 22.9 Å². The molecule has 3 saturated carbocycles. The zero-order valence-electron chi connectivity index (χ0n) is 32.6. The molecule has 0 spiro atoms. The number of halogens is 1. The first-order valence-electron chi connectivity index (χ1n) is 20.1. The second-order valence-corrected chi connectivity index (χ2v) is 20.9. The van der Waals surface area contributed by atoms with Crippen molar-refractivity contribution in [3.8, 4) is 0 Å². The van der Waals surface area contributed by atoms with E-state index in [0.29, 0.717) is 7.92 Å². The molecular formula is C46H66ClN2PRu. The third-order valence-electron chi connectivity index (χ3n) is 11.8. The Kier molecular flexibility index (Phi) is 15.6. The molecule has 280 valence electrons. The minimum Gasteiger partial charge on any atom is -0.147 e. The van der Waals surface area contributed by atoms with Crippen molar-refractivity contribution in [3.63, 3.8) is 0 Å². The summed E-state index contributed by atoms with van der Waals surface area (Å²) in [5, 5.41) is 0. The van der Waals surface area contributed by atoms with E-state index in [2.05, 4.69) is 111 Å². The summed E-state index contributed by atoms with van der Waals surface area (Å²) in [6.45, 7) is 15.5. The van der Waals surface area contributed by atoms with Crippen LogP contribution in [0.3, 0.4) is 0 Å². The smallest absolute Gasteiger partial charge is 0.147 e. The van der Waals surface area contributed by atoms with E-state index in [1.807, 2.05) is 0 Å². The maximum atomic E-state index is 2.60. The van der Waals surface area contributed by atoms with Crippen LogP contribution < -0.4 is 9.80 Å². The van der Waals surface area contributed by atoms with Crippen LogP contribution in [0.1, 0.15) is 135 Å². The first kappa shape index (κ1) is 40.5. The monoisotopic (exact) mass is 814 g/mol. The van der Waals surface area contributed by atoms with E-state index < -0.39 is 0 Å². The van der Waals surface area contributed by atoms with Gasteiger partial charge >= 0.3 is 195 Å². The number of hydrogen-bond acceptors (Lipinski definition) is 2. The maximum absolute atomic E-state index is 2.60. The molecule has 1 heterocycles. The maximum Gasteiger partial charge on any atom is -0.147 e. The van der Waals surface area contributed by atoms with Crippen LogP contribution in [0.5, 0.6) is 0 Å². The fourth-order valence-corrected chi connectivity index (χ4v) is 16.7. The van der Waals surface area contributed by atoms with E-state index in [4.69, 9.17) is 0 Å². The Morgan fingerprint density at radius 1 is 0.529 bits per heavy atom. The number of rotatable bonds is 6. The first-order chi connectivity index (χ1) is 24.3. The molecular weight excluding hydrogens is 748 g/mol. The summed E-state index contributed by atoms with van der Waals surface area (Å²) >= 11 is -0.0911. The van der Waals surface area contributed by atoms with Crippen molar-refractivity contribution in [1.82, 2.24) is 0 Å². The molecule has 2 nitrogen and oxygen atoms in total. The van der Waals surface area contributed by atoms with Gasteiger partial charge in [-0.3, -0.25) is 0 Å². The molecule has 0 N–H and O–H groups in total. The Morgan fingerprint density at radius 2 is 0.882 bits per heavy atom. The van der Waals surface area contributed by atoms with Crippen molar-refractivity contribution in [3.05, 3.63) is 93.5 Å². The Labute approximate surface area is 326 Å². The van der Waals surface area contributed by atoms with E-state index in [1.165, 1.54) is 90.9 Å². The largest absolute Gasteiger partial charge is 0.147 e. The normalized spacial score (nSPS) is 19.2. The minimum atomic E-state index is -0.0911. The summed E-state index contributed by atoms with van der Waals surface area (Å²) in [5.41, 5.74) is 15.8. The van der Waals surface area contributed by atoms with E-state index in [0.717, 1.165) is 13.1 Å². The van der Waals surface area contributed by atoms with Gasteiger partial charge in [-0.25, -0.2) is 0 Å². The van der Waals surface area contributed by atoms with Gasteiger partial charge in [-0.05, 0) is 55.5 Å². The van der Waals surface area contributed by atoms with Crippen LogP contribution in [0.2, 0.25) is 0 Å². The number of hydrogen-bond donors (Lipinski definition) is 0. The molecule has 7 rings (SSSR count). The van der Waals surface area contributed by atoms with E-state index >= 15 is 0 Å². The van der Waals surface area contributed by atoms with Crippen LogP contribution >= 0.6 is 20.3 Å². The molecule has 0 atom stereocenters. The quantitative estimate of drug-likeness (QED) is 0.181. The van der Waals surface area contributed by atoms with E-state index in [-0.39, 0.29) is 28.6 Å². The fraction of sp³-hybridized carbons (Fsp3) is 0.565. The first-order valence-corrected chi connectivity index (χ1v) is 23.6. The third-order valence-corrected chi connectivity index (χ3v) is 18.1. The molecule has 0 bridgehead atoms. The van der Waals surface area contributed by atoms with Crippen LogP contribution in [0.25, 0.3) is 0 Å². The standard InChI is InChI=1S/C21H26N2.C18H33P.C7H6.ClH.Ru/c1-14-9-16(3)20(17(4)10-14)22-7-8-23(13-22)21-18(5)11-15(2)12-19(21)6;1-4-10-16(11-5-1)19(17-12-6-2-7-13-17)18-14-8-3-9-15-18;1-7-5-3-2-4-6-7;;/h9-12H,7-8H2,1-6H3;16-18H,1-15H2;1-6H;1H;. The van der Waals surface area contributed by atoms with Crippen LogP contribution in [0.4, 0.5) is 11.4 Å². The molecule has 3 aliphatic carbocycles. The van der Waals surface area contributed by atoms with Gasteiger partial charge in [-0.2, -0.15) is 0 Å². The van der Waals surface area contributed by atoms with E-state index in [9.17, 15) is 0 Å². The summed E-state index contributed by atoms with van der Waals surface area (Å²) in [7, 11) is 0.385. The van der Waals surface area contributed by atoms with Crippen molar-refractivity contribution >= 4 is 40.7 Å². The summed E-state index contributed by atoms with van der Waals surface area (Å²) in [5.74, 6) is 0. The van der Waals surface area contributed by atoms with Gasteiger partial charge < -0.3 is 0 Å². The van der Waals surface area contributed by atoms with Crippen molar-refractivity contribution in [2.24, 2.45) is 0 Å². The molecule has 51 heavy (non-hydrogen) atoms. The van der Waals surface area contributed by atoms with Gasteiger partial charge in [-0.15, -0.1) is 12.4 Å². The van der Waals surface area contributed by atoms with Crippen LogP contribution in [-0.4, -0.2) is 39.0 Å². The van der Waals surface area contributed by atoms with Crippen LogP contribution in [0.15, 0.2) is 54.6 Å². The molecule has 0 aromatic heterocycles. The predicted octanol–water partition coefficient (Wildman–Crippen LogP) is 12.8. The van der Waals surface area contributed by atoms with Gasteiger partial charge in [0.05, 0.1) is 0 Å². The molecule has 1 saturated heterocycles. The third kappa shape index (κ3) is 10.3. The number of aryl methyl sites for hydroxylation is 6. The Morgan fingerprint density at radius 3 is 1.24 bits per heavy atom. The second kappa shape index (κ2) is 19.6. The molecule has 1 aliphatic heterocycles. The number of nitrogens with zero attached hydrogens (tertiary/aromatic N) is 2. The molecule has 0 amide bonds. The molecule has 0 radical (unpaired) electrons. The Balaban J connectivity index is 0.000000216. The number of anilines is 2. The van der Waals surface area contributed by atoms with Crippen molar-refractivity contribution in [2.45, 2.75) is 155 Å². The van der Waals surface area contributed by atoms with E-state index in [1.54, 1.807) is 77.0 Å². The summed E-state index contributed by atoms with van der Waals surface area (Å²) < 4.78 is 3.91. The Hall–Kier alpha value is -1.66. The zero-order valence-corrected chi connectivity index (χ0v) is 36.1. The fourth-order valence-electron chi connectivity index (χ4n) is 9.89. The molecule has 3 aromatic rings. The van der Waals surface area contributed by atoms with Crippen molar-refractivity contribution < 1.29 is 16.2 Å². The van der Waals surface area contributed by atoms with Gasteiger partial charge in [0, 0.05) is 0 Å². The average molecular weight is 815 g/mol. The molecule has 4 aliphatic rings. The minimum absolute atomic E-state index is 0. The zero-order chi connectivity index (χ0) is 35.0. The van der Waals surface area contributed by atoms with Gasteiger partial charge in [0.2, 0.25) is 0 Å². The Bertz CT molecular complexity index is 1470.